The molecule has 0 saturated carbocycles. The lowest BCUT2D eigenvalue weighted by atomic mass is 9.89. The van der Waals surface area contributed by atoms with Crippen molar-refractivity contribution >= 4 is 0 Å². The summed E-state index contributed by atoms with van der Waals surface area (Å²) in [7, 11) is 0. The first-order chi connectivity index (χ1) is 7.53. The Kier molecular flexibility index (Phi) is 5.03. The summed E-state index contributed by atoms with van der Waals surface area (Å²) in [5.74, 6) is 1.01. The molecule has 0 radical (unpaired) electrons. The Bertz CT molecular complexity index is 280. The van der Waals surface area contributed by atoms with Gasteiger partial charge in [-0.15, -0.1) is 0 Å². The molecule has 1 aromatic heterocycles. The fraction of sp³-hybridized carbons (Fsp3) is 0.692. The maximum atomic E-state index is 8.93. The van der Waals surface area contributed by atoms with Gasteiger partial charge < -0.3 is 14.8 Å². The van der Waals surface area contributed by atoms with Crippen LogP contribution in [-0.2, 0) is 6.42 Å². The van der Waals surface area contributed by atoms with Gasteiger partial charge in [-0.3, -0.25) is 0 Å². The number of hydrogen-bond donors (Lipinski definition) is 2. The summed E-state index contributed by atoms with van der Waals surface area (Å²) >= 11 is 0. The van der Waals surface area contributed by atoms with Gasteiger partial charge >= 0.3 is 0 Å². The first-order valence-corrected chi connectivity index (χ1v) is 5.90. The molecule has 0 aromatic carbocycles. The highest BCUT2D eigenvalue weighted by Crippen LogP contribution is 2.18. The van der Waals surface area contributed by atoms with E-state index in [-0.39, 0.29) is 12.0 Å². The van der Waals surface area contributed by atoms with E-state index in [2.05, 4.69) is 26.1 Å². The van der Waals surface area contributed by atoms with E-state index < -0.39 is 0 Å². The molecule has 2 N–H and O–H groups in total. The van der Waals surface area contributed by atoms with Crippen molar-refractivity contribution in [1.82, 2.24) is 5.32 Å². The number of hydrogen-bond acceptors (Lipinski definition) is 3. The fourth-order valence-corrected chi connectivity index (χ4v) is 1.64. The maximum Gasteiger partial charge on any atom is 0.105 e. The highest BCUT2D eigenvalue weighted by molar-refractivity contribution is 5.00. The van der Waals surface area contributed by atoms with E-state index in [0.717, 1.165) is 25.1 Å². The third-order valence-electron chi connectivity index (χ3n) is 2.81. The monoisotopic (exact) mass is 225 g/mol. The summed E-state index contributed by atoms with van der Waals surface area (Å²) < 4.78 is 5.30. The van der Waals surface area contributed by atoms with Crippen LogP contribution in [0.15, 0.2) is 22.8 Å². The lowest BCUT2D eigenvalue weighted by Gasteiger charge is -2.26. The molecule has 0 bridgehead atoms. The van der Waals surface area contributed by atoms with Gasteiger partial charge in [0.15, 0.2) is 0 Å². The van der Waals surface area contributed by atoms with Gasteiger partial charge in [-0.1, -0.05) is 13.8 Å². The second-order valence-corrected chi connectivity index (χ2v) is 5.20. The number of aliphatic hydroxyl groups excluding tert-OH is 1. The van der Waals surface area contributed by atoms with Crippen molar-refractivity contribution in [2.45, 2.75) is 39.7 Å². The molecule has 0 aliphatic rings. The largest absolute Gasteiger partial charge is 0.469 e. The fourth-order valence-electron chi connectivity index (χ4n) is 1.64. The molecule has 0 aliphatic heterocycles. The van der Waals surface area contributed by atoms with Crippen molar-refractivity contribution in [3.63, 3.8) is 0 Å². The summed E-state index contributed by atoms with van der Waals surface area (Å²) in [4.78, 5) is 0. The minimum atomic E-state index is 0.145. The highest BCUT2D eigenvalue weighted by atomic mass is 16.3. The molecule has 1 heterocycles. The standard InChI is InChI=1S/C13H23NO2/c1-11(9-12-5-4-8-16-12)14-10-13(2,3)6-7-15/h4-5,8,11,14-15H,6-7,9-10H2,1-3H3. The Morgan fingerprint density at radius 1 is 1.50 bits per heavy atom. The van der Waals surface area contributed by atoms with Gasteiger partial charge in [0.05, 0.1) is 6.26 Å². The minimum Gasteiger partial charge on any atom is -0.469 e. The van der Waals surface area contributed by atoms with E-state index in [1.165, 1.54) is 0 Å². The Hall–Kier alpha value is -0.800. The second-order valence-electron chi connectivity index (χ2n) is 5.20. The van der Waals surface area contributed by atoms with Crippen LogP contribution < -0.4 is 5.32 Å². The third-order valence-corrected chi connectivity index (χ3v) is 2.81. The van der Waals surface area contributed by atoms with E-state index in [4.69, 9.17) is 9.52 Å². The van der Waals surface area contributed by atoms with E-state index in [1.807, 2.05) is 12.1 Å². The number of aliphatic hydroxyl groups is 1. The molecule has 0 fully saturated rings. The lowest BCUT2D eigenvalue weighted by Crippen LogP contribution is -2.37. The molecule has 16 heavy (non-hydrogen) atoms. The van der Waals surface area contributed by atoms with Crippen LogP contribution in [0.1, 0.15) is 33.0 Å². The molecular formula is C13H23NO2. The van der Waals surface area contributed by atoms with Gasteiger partial charge in [-0.2, -0.15) is 0 Å². The van der Waals surface area contributed by atoms with Gasteiger partial charge in [-0.05, 0) is 30.9 Å². The van der Waals surface area contributed by atoms with E-state index in [9.17, 15) is 0 Å². The topological polar surface area (TPSA) is 45.4 Å². The minimum absolute atomic E-state index is 0.145. The van der Waals surface area contributed by atoms with E-state index in [0.29, 0.717) is 6.04 Å². The lowest BCUT2D eigenvalue weighted by molar-refractivity contribution is 0.203. The summed E-state index contributed by atoms with van der Waals surface area (Å²) in [5.41, 5.74) is 0.145. The molecule has 1 rings (SSSR count). The van der Waals surface area contributed by atoms with Gasteiger partial charge in [0, 0.05) is 25.6 Å². The first kappa shape index (κ1) is 13.3. The molecule has 1 atom stereocenters. The molecule has 3 nitrogen and oxygen atoms in total. The van der Waals surface area contributed by atoms with Crippen LogP contribution in [0.3, 0.4) is 0 Å². The van der Waals surface area contributed by atoms with Crippen LogP contribution >= 0.6 is 0 Å². The van der Waals surface area contributed by atoms with Gasteiger partial charge in [0.25, 0.3) is 0 Å². The van der Waals surface area contributed by atoms with Crippen LogP contribution in [0.2, 0.25) is 0 Å². The van der Waals surface area contributed by atoms with Crippen LogP contribution in [-0.4, -0.2) is 24.3 Å². The third kappa shape index (κ3) is 4.81. The van der Waals surface area contributed by atoms with Gasteiger partial charge in [-0.25, -0.2) is 0 Å². The molecule has 92 valence electrons. The number of rotatable bonds is 7. The van der Waals surface area contributed by atoms with Crippen molar-refractivity contribution in [2.75, 3.05) is 13.2 Å². The van der Waals surface area contributed by atoms with Crippen molar-refractivity contribution < 1.29 is 9.52 Å². The SMILES string of the molecule is CC(Cc1ccco1)NCC(C)(C)CCO. The molecule has 3 heteroatoms. The molecule has 1 aromatic rings. The predicted molar refractivity (Wildman–Crippen MR) is 65.4 cm³/mol. The summed E-state index contributed by atoms with van der Waals surface area (Å²) in [6, 6.07) is 4.30. The predicted octanol–water partition coefficient (Wildman–Crippen LogP) is 2.21. The Morgan fingerprint density at radius 2 is 2.25 bits per heavy atom. The first-order valence-electron chi connectivity index (χ1n) is 5.90. The van der Waals surface area contributed by atoms with Gasteiger partial charge in [0.2, 0.25) is 0 Å². The summed E-state index contributed by atoms with van der Waals surface area (Å²) in [6.07, 6.45) is 3.44. The van der Waals surface area contributed by atoms with Crippen molar-refractivity contribution in [3.05, 3.63) is 24.2 Å². The smallest absolute Gasteiger partial charge is 0.105 e. The maximum absolute atomic E-state index is 8.93. The molecular weight excluding hydrogens is 202 g/mol. The molecule has 0 saturated heterocycles. The number of furan rings is 1. The second kappa shape index (κ2) is 6.06. The van der Waals surface area contributed by atoms with Crippen molar-refractivity contribution in [2.24, 2.45) is 5.41 Å². The molecule has 0 amide bonds. The van der Waals surface area contributed by atoms with Crippen LogP contribution in [0.5, 0.6) is 0 Å². The number of nitrogens with one attached hydrogen (secondary N) is 1. The molecule has 0 aliphatic carbocycles. The zero-order valence-electron chi connectivity index (χ0n) is 10.5. The van der Waals surface area contributed by atoms with E-state index in [1.54, 1.807) is 6.26 Å². The molecule has 1 unspecified atom stereocenters. The van der Waals surface area contributed by atoms with Gasteiger partial charge in [0.1, 0.15) is 5.76 Å². The van der Waals surface area contributed by atoms with Crippen LogP contribution in [0.25, 0.3) is 0 Å². The van der Waals surface area contributed by atoms with Crippen molar-refractivity contribution in [3.8, 4) is 0 Å². The quantitative estimate of drug-likeness (QED) is 0.748. The normalized spacial score (nSPS) is 14.0. The summed E-state index contributed by atoms with van der Waals surface area (Å²) in [6.45, 7) is 7.64. The average Bonchev–Trinajstić information content (AvgIpc) is 2.68. The Balaban J connectivity index is 2.27. The Morgan fingerprint density at radius 3 is 2.81 bits per heavy atom. The highest BCUT2D eigenvalue weighted by Gasteiger charge is 2.18. The average molecular weight is 225 g/mol. The van der Waals surface area contributed by atoms with Crippen LogP contribution in [0, 0.1) is 5.41 Å². The summed E-state index contributed by atoms with van der Waals surface area (Å²) in [5, 5.41) is 12.4. The van der Waals surface area contributed by atoms with Crippen LogP contribution in [0.4, 0.5) is 0 Å². The Labute approximate surface area is 97.9 Å². The van der Waals surface area contributed by atoms with Crippen molar-refractivity contribution in [1.29, 1.82) is 0 Å². The van der Waals surface area contributed by atoms with E-state index >= 15 is 0 Å². The molecule has 0 spiro atoms. The zero-order valence-corrected chi connectivity index (χ0v) is 10.5. The zero-order chi connectivity index (χ0) is 12.0.